The summed E-state index contributed by atoms with van der Waals surface area (Å²) in [7, 11) is 1.74. The lowest BCUT2D eigenvalue weighted by molar-refractivity contribution is -0.385. The number of nitrogens with one attached hydrogen (secondary N) is 1. The molecule has 90 valence electrons. The largest absolute Gasteiger partial charge is 0.319 e. The molecule has 1 aromatic carbocycles. The van der Waals surface area contributed by atoms with Crippen LogP contribution in [0.1, 0.15) is 12.0 Å². The van der Waals surface area contributed by atoms with Crippen LogP contribution in [0.3, 0.4) is 0 Å². The van der Waals surface area contributed by atoms with Crippen LogP contribution in [0.15, 0.2) is 12.1 Å². The van der Waals surface area contributed by atoms with Crippen molar-refractivity contribution >= 4 is 5.69 Å². The van der Waals surface area contributed by atoms with E-state index < -0.39 is 22.2 Å². The van der Waals surface area contributed by atoms with Crippen molar-refractivity contribution in [2.24, 2.45) is 0 Å². The predicted molar refractivity (Wildman–Crippen MR) is 58.4 cm³/mol. The van der Waals surface area contributed by atoms with Crippen molar-refractivity contribution in [3.63, 3.8) is 0 Å². The summed E-state index contributed by atoms with van der Waals surface area (Å²) in [5.41, 5.74) is -0.647. The van der Waals surface area contributed by atoms with E-state index in [1.165, 1.54) is 0 Å². The van der Waals surface area contributed by atoms with Gasteiger partial charge < -0.3 is 5.32 Å². The SMILES string of the molecule is CNCCC#Cc1cc(F)c(F)cc1[N+](=O)[O-]. The van der Waals surface area contributed by atoms with Gasteiger partial charge >= 0.3 is 0 Å². The highest BCUT2D eigenvalue weighted by molar-refractivity contribution is 5.51. The third-order valence-electron chi connectivity index (χ3n) is 1.96. The first-order valence-electron chi connectivity index (χ1n) is 4.83. The molecule has 0 saturated carbocycles. The van der Waals surface area contributed by atoms with Crippen LogP contribution >= 0.6 is 0 Å². The summed E-state index contributed by atoms with van der Waals surface area (Å²) in [4.78, 5) is 9.82. The molecule has 0 radical (unpaired) electrons. The van der Waals surface area contributed by atoms with Gasteiger partial charge in [0, 0.05) is 13.0 Å². The Bertz CT molecular complexity index is 492. The third kappa shape index (κ3) is 3.50. The molecule has 4 nitrogen and oxygen atoms in total. The molecule has 0 spiro atoms. The first-order valence-corrected chi connectivity index (χ1v) is 4.83. The van der Waals surface area contributed by atoms with Gasteiger partial charge in [0.1, 0.15) is 5.56 Å². The highest BCUT2D eigenvalue weighted by Crippen LogP contribution is 2.21. The van der Waals surface area contributed by atoms with E-state index in [2.05, 4.69) is 17.2 Å². The molecule has 1 rings (SSSR count). The Hall–Kier alpha value is -2.00. The van der Waals surface area contributed by atoms with Crippen LogP contribution < -0.4 is 5.32 Å². The van der Waals surface area contributed by atoms with Gasteiger partial charge in [0.2, 0.25) is 0 Å². The zero-order valence-corrected chi connectivity index (χ0v) is 9.09. The highest BCUT2D eigenvalue weighted by atomic mass is 19.2. The Morgan fingerprint density at radius 3 is 2.65 bits per heavy atom. The molecule has 0 aliphatic rings. The molecule has 0 unspecified atom stereocenters. The number of halogens is 2. The number of benzene rings is 1. The molecule has 6 heteroatoms. The van der Waals surface area contributed by atoms with Crippen LogP contribution in [-0.2, 0) is 0 Å². The fourth-order valence-electron chi connectivity index (χ4n) is 1.13. The van der Waals surface area contributed by atoms with Gasteiger partial charge in [0.25, 0.3) is 5.69 Å². The molecule has 1 aromatic rings. The summed E-state index contributed by atoms with van der Waals surface area (Å²) in [6, 6.07) is 1.28. The first-order chi connectivity index (χ1) is 8.06. The number of nitro benzene ring substituents is 1. The van der Waals surface area contributed by atoms with Gasteiger partial charge in [-0.15, -0.1) is 0 Å². The van der Waals surface area contributed by atoms with Crippen molar-refractivity contribution in [3.8, 4) is 11.8 Å². The number of hydrogen-bond donors (Lipinski definition) is 1. The topological polar surface area (TPSA) is 55.2 Å². The molecule has 17 heavy (non-hydrogen) atoms. The Balaban J connectivity index is 3.07. The van der Waals surface area contributed by atoms with Gasteiger partial charge in [-0.1, -0.05) is 11.8 Å². The van der Waals surface area contributed by atoms with E-state index in [9.17, 15) is 18.9 Å². The number of nitrogens with zero attached hydrogens (tertiary/aromatic N) is 1. The first kappa shape index (κ1) is 13.1. The smallest absolute Gasteiger partial charge is 0.288 e. The summed E-state index contributed by atoms with van der Waals surface area (Å²) in [6.07, 6.45) is 0.465. The minimum absolute atomic E-state index is 0.120. The summed E-state index contributed by atoms with van der Waals surface area (Å²) in [5.74, 6) is 2.70. The van der Waals surface area contributed by atoms with Crippen LogP contribution in [0.4, 0.5) is 14.5 Å². The number of rotatable bonds is 3. The van der Waals surface area contributed by atoms with Crippen molar-refractivity contribution < 1.29 is 13.7 Å². The van der Waals surface area contributed by atoms with E-state index in [4.69, 9.17) is 0 Å². The number of hydrogen-bond acceptors (Lipinski definition) is 3. The van der Waals surface area contributed by atoms with Gasteiger partial charge in [0.15, 0.2) is 11.6 Å². The minimum Gasteiger partial charge on any atom is -0.319 e. The lowest BCUT2D eigenvalue weighted by Crippen LogP contribution is -2.06. The van der Waals surface area contributed by atoms with Crippen molar-refractivity contribution in [2.45, 2.75) is 6.42 Å². The van der Waals surface area contributed by atoms with Gasteiger partial charge in [-0.3, -0.25) is 10.1 Å². The van der Waals surface area contributed by atoms with Gasteiger partial charge in [-0.05, 0) is 13.1 Å². The third-order valence-corrected chi connectivity index (χ3v) is 1.96. The molecule has 0 aliphatic carbocycles. The van der Waals surface area contributed by atoms with Gasteiger partial charge in [-0.2, -0.15) is 0 Å². The fraction of sp³-hybridized carbons (Fsp3) is 0.273. The second-order valence-corrected chi connectivity index (χ2v) is 3.20. The van der Waals surface area contributed by atoms with Crippen LogP contribution in [-0.4, -0.2) is 18.5 Å². The maximum absolute atomic E-state index is 12.9. The second kappa shape index (κ2) is 5.92. The van der Waals surface area contributed by atoms with Crippen LogP contribution in [0.2, 0.25) is 0 Å². The fourth-order valence-corrected chi connectivity index (χ4v) is 1.13. The van der Waals surface area contributed by atoms with E-state index in [1.807, 2.05) is 0 Å². The van der Waals surface area contributed by atoms with Crippen molar-refractivity contribution in [1.29, 1.82) is 0 Å². The molecular weight excluding hydrogens is 230 g/mol. The Morgan fingerprint density at radius 2 is 2.06 bits per heavy atom. The Labute approximate surface area is 96.8 Å². The zero-order chi connectivity index (χ0) is 12.8. The van der Waals surface area contributed by atoms with Crippen LogP contribution in [0.5, 0.6) is 0 Å². The van der Waals surface area contributed by atoms with E-state index >= 15 is 0 Å². The lowest BCUT2D eigenvalue weighted by Gasteiger charge is -1.97. The van der Waals surface area contributed by atoms with Crippen molar-refractivity contribution in [3.05, 3.63) is 39.4 Å². The summed E-state index contributed by atoms with van der Waals surface area (Å²) in [5, 5.41) is 13.5. The molecule has 0 aliphatic heterocycles. The summed E-state index contributed by atoms with van der Waals surface area (Å²) < 4.78 is 25.7. The minimum atomic E-state index is -1.25. The molecular formula is C11H10F2N2O2. The second-order valence-electron chi connectivity index (χ2n) is 3.20. The molecule has 0 aromatic heterocycles. The molecule has 0 amide bonds. The molecule has 0 fully saturated rings. The van der Waals surface area contributed by atoms with Crippen LogP contribution in [0, 0.1) is 33.6 Å². The van der Waals surface area contributed by atoms with Crippen LogP contribution in [0.25, 0.3) is 0 Å². The monoisotopic (exact) mass is 240 g/mol. The Kier molecular flexibility index (Phi) is 4.55. The normalized spacial score (nSPS) is 9.59. The highest BCUT2D eigenvalue weighted by Gasteiger charge is 2.16. The van der Waals surface area contributed by atoms with Crippen molar-refractivity contribution in [2.75, 3.05) is 13.6 Å². The quantitative estimate of drug-likeness (QED) is 0.379. The average Bonchev–Trinajstić information content (AvgIpc) is 2.28. The van der Waals surface area contributed by atoms with E-state index in [-0.39, 0.29) is 5.56 Å². The summed E-state index contributed by atoms with van der Waals surface area (Å²) in [6.45, 7) is 0.616. The van der Waals surface area contributed by atoms with E-state index in [0.717, 1.165) is 6.07 Å². The molecule has 0 bridgehead atoms. The Morgan fingerprint density at radius 1 is 1.41 bits per heavy atom. The molecule has 1 N–H and O–H groups in total. The maximum Gasteiger partial charge on any atom is 0.288 e. The molecule has 0 saturated heterocycles. The van der Waals surface area contributed by atoms with E-state index in [1.54, 1.807) is 7.05 Å². The van der Waals surface area contributed by atoms with Gasteiger partial charge in [-0.25, -0.2) is 8.78 Å². The maximum atomic E-state index is 12.9. The van der Waals surface area contributed by atoms with Crippen molar-refractivity contribution in [1.82, 2.24) is 5.32 Å². The summed E-state index contributed by atoms with van der Waals surface area (Å²) >= 11 is 0. The number of nitro groups is 1. The predicted octanol–water partition coefficient (Wildman–Crippen LogP) is 1.83. The molecule has 0 heterocycles. The lowest BCUT2D eigenvalue weighted by atomic mass is 10.1. The van der Waals surface area contributed by atoms with Gasteiger partial charge in [0.05, 0.1) is 11.0 Å². The standard InChI is InChI=1S/C11H10F2N2O2/c1-14-5-3-2-4-8-6-9(12)10(13)7-11(8)15(16)17/h6-7,14H,3,5H2,1H3. The molecule has 0 atom stereocenters. The van der Waals surface area contributed by atoms with E-state index in [0.29, 0.717) is 19.0 Å². The average molecular weight is 240 g/mol. The zero-order valence-electron chi connectivity index (χ0n) is 9.09.